The van der Waals surface area contributed by atoms with Crippen LogP contribution in [0, 0.1) is 13.8 Å². The quantitative estimate of drug-likeness (QED) is 0.314. The van der Waals surface area contributed by atoms with Crippen LogP contribution in [0.3, 0.4) is 0 Å². The van der Waals surface area contributed by atoms with Gasteiger partial charge in [-0.25, -0.2) is 4.68 Å². The molecule has 0 bridgehead atoms. The van der Waals surface area contributed by atoms with Crippen molar-refractivity contribution in [1.82, 2.24) is 4.68 Å². The topological polar surface area (TPSA) is 101 Å². The standard InChI is InChI=1S/C26H23BrN4O4/c1-15-4-6-20(12-16(15)2)29-25(33)26(34)30-31-22-11-5-18(27)13-17(22)14-23(31)24(32)28-19-7-9-21(35-3)10-8-19/h4-14H,1-3H3,(H,28,32)(H,29,33)(H,30,34). The largest absolute Gasteiger partial charge is 0.497 e. The molecule has 1 heterocycles. The molecule has 0 aliphatic carbocycles. The van der Waals surface area contributed by atoms with E-state index in [-0.39, 0.29) is 5.69 Å². The van der Waals surface area contributed by atoms with Crippen molar-refractivity contribution < 1.29 is 19.1 Å². The molecular weight excluding hydrogens is 512 g/mol. The molecule has 0 atom stereocenters. The number of nitrogens with one attached hydrogen (secondary N) is 3. The molecule has 0 aliphatic heterocycles. The first kappa shape index (κ1) is 24.0. The Balaban J connectivity index is 1.60. The molecule has 35 heavy (non-hydrogen) atoms. The molecule has 3 N–H and O–H groups in total. The number of carbonyl (C=O) groups is 3. The lowest BCUT2D eigenvalue weighted by atomic mass is 10.1. The van der Waals surface area contributed by atoms with Gasteiger partial charge in [0.25, 0.3) is 5.91 Å². The van der Waals surface area contributed by atoms with Crippen molar-refractivity contribution in [3.8, 4) is 5.75 Å². The van der Waals surface area contributed by atoms with Crippen LogP contribution in [0.1, 0.15) is 21.6 Å². The van der Waals surface area contributed by atoms with E-state index in [0.717, 1.165) is 15.6 Å². The summed E-state index contributed by atoms with van der Waals surface area (Å²) >= 11 is 3.42. The second-order valence-corrected chi connectivity index (χ2v) is 8.86. The predicted molar refractivity (Wildman–Crippen MR) is 139 cm³/mol. The number of methoxy groups -OCH3 is 1. The van der Waals surface area contributed by atoms with Gasteiger partial charge in [0.05, 0.1) is 12.6 Å². The summed E-state index contributed by atoms with van der Waals surface area (Å²) in [6, 6.07) is 19.2. The first-order chi connectivity index (χ1) is 16.7. The van der Waals surface area contributed by atoms with Crippen LogP contribution in [0.15, 0.2) is 71.2 Å². The molecule has 4 aromatic rings. The Morgan fingerprint density at radius 3 is 2.20 bits per heavy atom. The SMILES string of the molecule is COc1ccc(NC(=O)c2cc3cc(Br)ccc3n2NC(=O)C(=O)Nc2ccc(C)c(C)c2)cc1. The van der Waals surface area contributed by atoms with E-state index < -0.39 is 17.7 Å². The minimum Gasteiger partial charge on any atom is -0.497 e. The molecule has 178 valence electrons. The second kappa shape index (κ2) is 10.0. The summed E-state index contributed by atoms with van der Waals surface area (Å²) in [6.07, 6.45) is 0. The zero-order valence-corrected chi connectivity index (χ0v) is 20.9. The van der Waals surface area contributed by atoms with Crippen molar-refractivity contribution in [3.63, 3.8) is 0 Å². The Labute approximate surface area is 210 Å². The van der Waals surface area contributed by atoms with Gasteiger partial charge in [0, 0.05) is 21.2 Å². The van der Waals surface area contributed by atoms with Gasteiger partial charge in [0.15, 0.2) is 0 Å². The summed E-state index contributed by atoms with van der Waals surface area (Å²) in [5.41, 5.74) is 6.38. The van der Waals surface area contributed by atoms with Gasteiger partial charge in [-0.3, -0.25) is 19.8 Å². The van der Waals surface area contributed by atoms with Gasteiger partial charge in [-0.2, -0.15) is 0 Å². The fourth-order valence-electron chi connectivity index (χ4n) is 3.50. The van der Waals surface area contributed by atoms with Gasteiger partial charge in [0.2, 0.25) is 0 Å². The zero-order chi connectivity index (χ0) is 25.1. The van der Waals surface area contributed by atoms with E-state index in [9.17, 15) is 14.4 Å². The van der Waals surface area contributed by atoms with Crippen LogP contribution in [-0.4, -0.2) is 29.5 Å². The van der Waals surface area contributed by atoms with Gasteiger partial charge < -0.3 is 15.4 Å². The highest BCUT2D eigenvalue weighted by molar-refractivity contribution is 9.10. The molecule has 8 nitrogen and oxygen atoms in total. The third-order valence-corrected chi connectivity index (χ3v) is 6.02. The number of hydrogen-bond donors (Lipinski definition) is 3. The van der Waals surface area contributed by atoms with Crippen molar-refractivity contribution in [1.29, 1.82) is 0 Å². The molecule has 0 unspecified atom stereocenters. The van der Waals surface area contributed by atoms with E-state index >= 15 is 0 Å². The van der Waals surface area contributed by atoms with Crippen LogP contribution in [-0.2, 0) is 9.59 Å². The molecule has 0 radical (unpaired) electrons. The Kier molecular flexibility index (Phi) is 6.88. The summed E-state index contributed by atoms with van der Waals surface area (Å²) in [5, 5.41) is 6.10. The van der Waals surface area contributed by atoms with Crippen LogP contribution in [0.2, 0.25) is 0 Å². The van der Waals surface area contributed by atoms with E-state index in [2.05, 4.69) is 32.0 Å². The molecule has 9 heteroatoms. The average Bonchev–Trinajstić information content (AvgIpc) is 3.19. The summed E-state index contributed by atoms with van der Waals surface area (Å²) in [6.45, 7) is 3.88. The van der Waals surface area contributed by atoms with E-state index in [1.54, 1.807) is 61.7 Å². The number of aryl methyl sites for hydroxylation is 2. The first-order valence-corrected chi connectivity index (χ1v) is 11.5. The number of amides is 3. The van der Waals surface area contributed by atoms with Crippen molar-refractivity contribution in [2.45, 2.75) is 13.8 Å². The van der Waals surface area contributed by atoms with E-state index in [4.69, 9.17) is 4.74 Å². The summed E-state index contributed by atoms with van der Waals surface area (Å²) in [5.74, 6) is -1.57. The number of benzene rings is 3. The lowest BCUT2D eigenvalue weighted by Crippen LogP contribution is -2.36. The molecule has 0 spiro atoms. The van der Waals surface area contributed by atoms with Crippen molar-refractivity contribution in [2.24, 2.45) is 0 Å². The van der Waals surface area contributed by atoms with E-state index in [1.165, 1.54) is 4.68 Å². The minimum absolute atomic E-state index is 0.154. The Morgan fingerprint density at radius 1 is 0.800 bits per heavy atom. The molecule has 0 fully saturated rings. The van der Waals surface area contributed by atoms with E-state index in [1.807, 2.05) is 26.0 Å². The van der Waals surface area contributed by atoms with Crippen molar-refractivity contribution in [3.05, 3.63) is 88.0 Å². The lowest BCUT2D eigenvalue weighted by molar-refractivity contribution is -0.133. The zero-order valence-electron chi connectivity index (χ0n) is 19.3. The maximum absolute atomic E-state index is 13.1. The lowest BCUT2D eigenvalue weighted by Gasteiger charge is -2.13. The minimum atomic E-state index is -0.915. The molecule has 3 amide bonds. The Morgan fingerprint density at radius 2 is 1.51 bits per heavy atom. The molecule has 0 saturated heterocycles. The normalized spacial score (nSPS) is 10.6. The number of aromatic nitrogens is 1. The summed E-state index contributed by atoms with van der Waals surface area (Å²) in [4.78, 5) is 38.5. The molecule has 0 aliphatic rings. The van der Waals surface area contributed by atoms with Crippen LogP contribution in [0.4, 0.5) is 11.4 Å². The third kappa shape index (κ3) is 5.36. The van der Waals surface area contributed by atoms with Gasteiger partial charge in [-0.05, 0) is 85.6 Å². The Hall–Kier alpha value is -4.11. The van der Waals surface area contributed by atoms with Crippen LogP contribution >= 0.6 is 15.9 Å². The fraction of sp³-hybridized carbons (Fsp3) is 0.115. The van der Waals surface area contributed by atoms with Crippen LogP contribution < -0.4 is 20.8 Å². The summed E-state index contributed by atoms with van der Waals surface area (Å²) < 4.78 is 7.26. The average molecular weight is 535 g/mol. The Bertz CT molecular complexity index is 1440. The highest BCUT2D eigenvalue weighted by Crippen LogP contribution is 2.24. The number of hydrogen-bond acceptors (Lipinski definition) is 4. The highest BCUT2D eigenvalue weighted by atomic mass is 79.9. The smallest absolute Gasteiger partial charge is 0.328 e. The molecule has 3 aromatic carbocycles. The van der Waals surface area contributed by atoms with Crippen molar-refractivity contribution >= 4 is 55.9 Å². The maximum Gasteiger partial charge on any atom is 0.328 e. The number of halogens is 1. The fourth-order valence-corrected chi connectivity index (χ4v) is 3.88. The van der Waals surface area contributed by atoms with Gasteiger partial charge in [-0.15, -0.1) is 0 Å². The maximum atomic E-state index is 13.1. The number of rotatable bonds is 5. The number of nitrogens with zero attached hydrogens (tertiary/aromatic N) is 1. The number of anilines is 2. The monoisotopic (exact) mass is 534 g/mol. The first-order valence-electron chi connectivity index (χ1n) is 10.7. The molecular formula is C26H23BrN4O4. The highest BCUT2D eigenvalue weighted by Gasteiger charge is 2.21. The number of fused-ring (bicyclic) bond motifs is 1. The van der Waals surface area contributed by atoms with Gasteiger partial charge >= 0.3 is 11.8 Å². The second-order valence-electron chi connectivity index (χ2n) is 7.94. The van der Waals surface area contributed by atoms with Crippen LogP contribution in [0.25, 0.3) is 10.9 Å². The third-order valence-electron chi connectivity index (χ3n) is 5.53. The number of carbonyl (C=O) groups excluding carboxylic acids is 3. The molecule has 4 rings (SSSR count). The van der Waals surface area contributed by atoms with E-state index in [0.29, 0.717) is 28.0 Å². The molecule has 0 saturated carbocycles. The van der Waals surface area contributed by atoms with Crippen molar-refractivity contribution in [2.75, 3.05) is 23.2 Å². The number of ether oxygens (including phenoxy) is 1. The predicted octanol–water partition coefficient (Wildman–Crippen LogP) is 4.99. The van der Waals surface area contributed by atoms with Gasteiger partial charge in [-0.1, -0.05) is 22.0 Å². The molecule has 1 aromatic heterocycles. The summed E-state index contributed by atoms with van der Waals surface area (Å²) in [7, 11) is 1.56. The van der Waals surface area contributed by atoms with Gasteiger partial charge in [0.1, 0.15) is 11.4 Å². The van der Waals surface area contributed by atoms with Crippen LogP contribution in [0.5, 0.6) is 5.75 Å².